The Bertz CT molecular complexity index is 286. The third-order valence-corrected chi connectivity index (χ3v) is 6.26. The summed E-state index contributed by atoms with van der Waals surface area (Å²) in [6, 6.07) is 0.749. The quantitative estimate of drug-likeness (QED) is 0.120. The van der Waals surface area contributed by atoms with E-state index >= 15 is 0 Å². The second kappa shape index (κ2) is 23.5. The predicted octanol–water partition coefficient (Wildman–Crippen LogP) is 7.38. The van der Waals surface area contributed by atoms with E-state index in [1.54, 1.807) is 0 Å². The Morgan fingerprint density at radius 3 is 1.93 bits per heavy atom. The number of unbranched alkanes of at least 4 members (excludes halogenated alkanes) is 8. The van der Waals surface area contributed by atoms with Crippen LogP contribution in [0, 0.1) is 5.92 Å². The molecule has 3 heteroatoms. The van der Waals surface area contributed by atoms with Crippen molar-refractivity contribution in [2.24, 2.45) is 5.92 Å². The van der Waals surface area contributed by atoms with Crippen LogP contribution in [0.3, 0.4) is 0 Å². The van der Waals surface area contributed by atoms with Crippen molar-refractivity contribution in [1.82, 2.24) is 10.6 Å². The molecule has 170 valence electrons. The molecule has 0 fully saturated rings. The average Bonchev–Trinajstić information content (AvgIpc) is 2.70. The van der Waals surface area contributed by atoms with Crippen LogP contribution in [0.2, 0.25) is 0 Å². The van der Waals surface area contributed by atoms with Gasteiger partial charge < -0.3 is 10.6 Å². The van der Waals surface area contributed by atoms with Crippen molar-refractivity contribution in [2.45, 2.75) is 130 Å². The van der Waals surface area contributed by atoms with Gasteiger partial charge in [-0.2, -0.15) is 12.6 Å². The maximum atomic E-state index is 4.30. The first-order valence-corrected chi connectivity index (χ1v) is 13.5. The monoisotopic (exact) mass is 414 g/mol. The summed E-state index contributed by atoms with van der Waals surface area (Å²) in [5.74, 6) is 1.93. The maximum absolute atomic E-state index is 4.30. The molecule has 0 aromatic carbocycles. The highest BCUT2D eigenvalue weighted by molar-refractivity contribution is 7.80. The fraction of sp³-hybridized carbons (Fsp3) is 1.00. The van der Waals surface area contributed by atoms with E-state index in [4.69, 9.17) is 0 Å². The van der Waals surface area contributed by atoms with Gasteiger partial charge in [-0.15, -0.1) is 0 Å². The maximum Gasteiger partial charge on any atom is 0.00953 e. The van der Waals surface area contributed by atoms with E-state index in [2.05, 4.69) is 44.0 Å². The Morgan fingerprint density at radius 1 is 0.571 bits per heavy atom. The molecular formula is C25H54N2S. The van der Waals surface area contributed by atoms with Crippen LogP contribution in [0.4, 0.5) is 0 Å². The molecule has 0 saturated carbocycles. The molecule has 0 aliphatic rings. The predicted molar refractivity (Wildman–Crippen MR) is 133 cm³/mol. The van der Waals surface area contributed by atoms with Crippen LogP contribution in [0.25, 0.3) is 0 Å². The van der Waals surface area contributed by atoms with Crippen molar-refractivity contribution in [3.05, 3.63) is 0 Å². The molecule has 2 nitrogen and oxygen atoms in total. The molecule has 0 amide bonds. The Balaban J connectivity index is 4.19. The first-order valence-electron chi connectivity index (χ1n) is 12.8. The van der Waals surface area contributed by atoms with E-state index in [1.807, 2.05) is 0 Å². The van der Waals surface area contributed by atoms with E-state index in [1.165, 1.54) is 122 Å². The summed E-state index contributed by atoms with van der Waals surface area (Å²) in [5.41, 5.74) is 0. The van der Waals surface area contributed by atoms with E-state index in [9.17, 15) is 0 Å². The molecule has 2 atom stereocenters. The fourth-order valence-electron chi connectivity index (χ4n) is 4.23. The van der Waals surface area contributed by atoms with Crippen LogP contribution in [0.15, 0.2) is 0 Å². The number of hydrogen-bond acceptors (Lipinski definition) is 3. The highest BCUT2D eigenvalue weighted by Crippen LogP contribution is 2.23. The van der Waals surface area contributed by atoms with Gasteiger partial charge in [0.2, 0.25) is 0 Å². The van der Waals surface area contributed by atoms with Crippen molar-refractivity contribution >= 4 is 12.6 Å². The molecule has 2 N–H and O–H groups in total. The Labute approximate surface area is 184 Å². The fourth-order valence-corrected chi connectivity index (χ4v) is 4.45. The van der Waals surface area contributed by atoms with Crippen molar-refractivity contribution in [3.8, 4) is 0 Å². The summed E-state index contributed by atoms with van der Waals surface area (Å²) in [4.78, 5) is 0. The highest BCUT2D eigenvalue weighted by atomic mass is 32.1. The van der Waals surface area contributed by atoms with Gasteiger partial charge in [-0.1, -0.05) is 78.6 Å². The first-order chi connectivity index (χ1) is 13.8. The molecule has 0 aliphatic heterocycles. The minimum absolute atomic E-state index is 0.749. The van der Waals surface area contributed by atoms with Gasteiger partial charge in [-0.3, -0.25) is 0 Å². The zero-order valence-electron chi connectivity index (χ0n) is 19.7. The van der Waals surface area contributed by atoms with Crippen LogP contribution in [-0.2, 0) is 0 Å². The summed E-state index contributed by atoms with van der Waals surface area (Å²) < 4.78 is 0. The zero-order valence-corrected chi connectivity index (χ0v) is 20.6. The minimum atomic E-state index is 0.749. The Hall–Kier alpha value is 0.270. The smallest absolute Gasteiger partial charge is 0.00953 e. The molecular weight excluding hydrogens is 360 g/mol. The van der Waals surface area contributed by atoms with Gasteiger partial charge in [0.25, 0.3) is 0 Å². The number of thiol groups is 1. The average molecular weight is 415 g/mol. The Kier molecular flexibility index (Phi) is 23.8. The van der Waals surface area contributed by atoms with Crippen LogP contribution >= 0.6 is 12.6 Å². The lowest BCUT2D eigenvalue weighted by Crippen LogP contribution is -2.37. The minimum Gasteiger partial charge on any atom is -0.317 e. The van der Waals surface area contributed by atoms with Crippen molar-refractivity contribution < 1.29 is 0 Å². The number of hydrogen-bond donors (Lipinski definition) is 3. The van der Waals surface area contributed by atoms with Gasteiger partial charge >= 0.3 is 0 Å². The van der Waals surface area contributed by atoms with Crippen molar-refractivity contribution in [2.75, 3.05) is 25.4 Å². The zero-order chi connectivity index (χ0) is 20.7. The van der Waals surface area contributed by atoms with Crippen LogP contribution in [0.5, 0.6) is 0 Å². The lowest BCUT2D eigenvalue weighted by Gasteiger charge is -2.29. The van der Waals surface area contributed by atoms with Gasteiger partial charge in [0.1, 0.15) is 0 Å². The lowest BCUT2D eigenvalue weighted by molar-refractivity contribution is 0.283. The van der Waals surface area contributed by atoms with Crippen LogP contribution in [-0.4, -0.2) is 31.4 Å². The van der Waals surface area contributed by atoms with Gasteiger partial charge in [0.15, 0.2) is 0 Å². The van der Waals surface area contributed by atoms with E-state index in [0.29, 0.717) is 0 Å². The summed E-state index contributed by atoms with van der Waals surface area (Å²) >= 11 is 4.30. The number of nitrogens with one attached hydrogen (secondary N) is 2. The van der Waals surface area contributed by atoms with E-state index in [0.717, 1.165) is 17.7 Å². The van der Waals surface area contributed by atoms with Gasteiger partial charge in [0, 0.05) is 6.04 Å². The largest absolute Gasteiger partial charge is 0.317 e. The highest BCUT2D eigenvalue weighted by Gasteiger charge is 2.19. The first kappa shape index (κ1) is 28.3. The third kappa shape index (κ3) is 18.3. The van der Waals surface area contributed by atoms with Gasteiger partial charge in [-0.25, -0.2) is 0 Å². The van der Waals surface area contributed by atoms with E-state index in [-0.39, 0.29) is 0 Å². The molecule has 0 aromatic heterocycles. The molecule has 2 unspecified atom stereocenters. The molecule has 0 radical (unpaired) electrons. The molecule has 28 heavy (non-hydrogen) atoms. The molecule has 0 aromatic rings. The molecule has 0 aliphatic carbocycles. The molecule has 0 bridgehead atoms. The molecule has 0 spiro atoms. The van der Waals surface area contributed by atoms with Gasteiger partial charge in [0.05, 0.1) is 0 Å². The second-order valence-corrected chi connectivity index (χ2v) is 9.14. The molecule has 0 rings (SSSR count). The normalized spacial score (nSPS) is 13.7. The van der Waals surface area contributed by atoms with E-state index < -0.39 is 0 Å². The SMILES string of the molecule is CCCCCC(NCCCCCCCCS)C(CCC)CCCCNCCC. The Morgan fingerprint density at radius 2 is 1.25 bits per heavy atom. The van der Waals surface area contributed by atoms with Crippen LogP contribution < -0.4 is 10.6 Å². The standard InChI is InChI=1S/C25H54N2S/c1-4-7-12-19-25(27-22-14-10-8-9-11-16-23-28)24(17-5-2)18-13-15-21-26-20-6-3/h24-28H,4-23H2,1-3H3. The summed E-state index contributed by atoms with van der Waals surface area (Å²) in [6.07, 6.45) is 21.8. The topological polar surface area (TPSA) is 24.1 Å². The van der Waals surface area contributed by atoms with Crippen molar-refractivity contribution in [1.29, 1.82) is 0 Å². The second-order valence-electron chi connectivity index (χ2n) is 8.70. The summed E-state index contributed by atoms with van der Waals surface area (Å²) in [6.45, 7) is 10.5. The molecule has 0 heterocycles. The summed E-state index contributed by atoms with van der Waals surface area (Å²) in [7, 11) is 0. The number of rotatable bonds is 23. The van der Waals surface area contributed by atoms with Gasteiger partial charge in [-0.05, 0) is 76.3 Å². The summed E-state index contributed by atoms with van der Waals surface area (Å²) in [5, 5.41) is 7.56. The third-order valence-electron chi connectivity index (χ3n) is 5.94. The molecule has 0 saturated heterocycles. The van der Waals surface area contributed by atoms with Crippen molar-refractivity contribution in [3.63, 3.8) is 0 Å². The van der Waals surface area contributed by atoms with Crippen LogP contribution in [0.1, 0.15) is 124 Å². The lowest BCUT2D eigenvalue weighted by atomic mass is 9.86.